The van der Waals surface area contributed by atoms with Crippen LogP contribution in [0, 0.1) is 6.92 Å². The van der Waals surface area contributed by atoms with E-state index < -0.39 is 6.04 Å². The second-order valence-corrected chi connectivity index (χ2v) is 6.72. The normalized spacial score (nSPS) is 12.0. The molecule has 0 saturated carbocycles. The highest BCUT2D eigenvalue weighted by Crippen LogP contribution is 2.19. The van der Waals surface area contributed by atoms with E-state index in [2.05, 4.69) is 30.5 Å². The molecule has 0 spiro atoms. The predicted octanol–water partition coefficient (Wildman–Crippen LogP) is 2.19. The first-order valence-electron chi connectivity index (χ1n) is 9.31. The van der Waals surface area contributed by atoms with Gasteiger partial charge in [0.25, 0.3) is 5.56 Å². The molecule has 8 heteroatoms. The molecule has 29 heavy (non-hydrogen) atoms. The molecule has 0 radical (unpaired) electrons. The van der Waals surface area contributed by atoms with Crippen LogP contribution in [-0.2, 0) is 11.2 Å². The number of H-pyrrole nitrogens is 2. The first kappa shape index (κ1) is 18.5. The Morgan fingerprint density at radius 1 is 1.07 bits per heavy atom. The first-order chi connectivity index (χ1) is 14.1. The number of nitrogens with one attached hydrogen (secondary N) is 3. The van der Waals surface area contributed by atoms with Crippen molar-refractivity contribution in [2.75, 3.05) is 0 Å². The molecule has 2 heterocycles. The summed E-state index contributed by atoms with van der Waals surface area (Å²) >= 11 is 0. The highest BCUT2D eigenvalue weighted by atomic mass is 16.1. The third kappa shape index (κ3) is 4.21. The first-order valence-corrected chi connectivity index (χ1v) is 9.31. The van der Waals surface area contributed by atoms with Gasteiger partial charge in [0.1, 0.15) is 17.7 Å². The van der Waals surface area contributed by atoms with Crippen molar-refractivity contribution in [2.45, 2.75) is 25.8 Å². The Balaban J connectivity index is 1.49. The van der Waals surface area contributed by atoms with Crippen molar-refractivity contribution in [1.82, 2.24) is 30.5 Å². The van der Waals surface area contributed by atoms with Crippen LogP contribution >= 0.6 is 0 Å². The fourth-order valence-electron chi connectivity index (χ4n) is 3.15. The van der Waals surface area contributed by atoms with E-state index in [1.165, 1.54) is 0 Å². The van der Waals surface area contributed by atoms with Crippen molar-refractivity contribution in [3.63, 3.8) is 0 Å². The molecule has 2 aromatic carbocycles. The lowest BCUT2D eigenvalue weighted by atomic mass is 10.1. The van der Waals surface area contributed by atoms with Crippen LogP contribution in [0.15, 0.2) is 59.4 Å². The molecule has 0 bridgehead atoms. The molecule has 0 fully saturated rings. The van der Waals surface area contributed by atoms with Gasteiger partial charge in [-0.15, -0.1) is 0 Å². The Kier molecular flexibility index (Phi) is 5.15. The maximum absolute atomic E-state index is 12.6. The van der Waals surface area contributed by atoms with E-state index in [4.69, 9.17) is 0 Å². The molecule has 3 N–H and O–H groups in total. The van der Waals surface area contributed by atoms with Crippen molar-refractivity contribution in [3.8, 4) is 0 Å². The Labute approximate surface area is 166 Å². The van der Waals surface area contributed by atoms with E-state index in [0.717, 1.165) is 5.56 Å². The fourth-order valence-corrected chi connectivity index (χ4v) is 3.15. The van der Waals surface area contributed by atoms with Gasteiger partial charge in [-0.05, 0) is 24.6 Å². The van der Waals surface area contributed by atoms with Gasteiger partial charge in [-0.2, -0.15) is 5.10 Å². The highest BCUT2D eigenvalue weighted by molar-refractivity contribution is 5.78. The zero-order valence-corrected chi connectivity index (χ0v) is 15.8. The summed E-state index contributed by atoms with van der Waals surface area (Å²) in [6.07, 6.45) is 0.495. The van der Waals surface area contributed by atoms with Crippen molar-refractivity contribution in [3.05, 3.63) is 88.0 Å². The molecule has 0 aliphatic heterocycles. The minimum Gasteiger partial charge on any atom is -0.342 e. The predicted molar refractivity (Wildman–Crippen MR) is 108 cm³/mol. The summed E-state index contributed by atoms with van der Waals surface area (Å²) in [5, 5.41) is 10.5. The molecular formula is C21H20N6O2. The smallest absolute Gasteiger partial charge is 0.258 e. The third-order valence-corrected chi connectivity index (χ3v) is 4.56. The summed E-state index contributed by atoms with van der Waals surface area (Å²) in [5.74, 6) is 1.47. The van der Waals surface area contributed by atoms with Gasteiger partial charge in [-0.3, -0.25) is 14.7 Å². The number of hydrogen-bond donors (Lipinski definition) is 3. The molecule has 4 aromatic rings. The fraction of sp³-hybridized carbons (Fsp3) is 0.190. The lowest BCUT2D eigenvalue weighted by Crippen LogP contribution is -2.30. The average Bonchev–Trinajstić information content (AvgIpc) is 3.17. The van der Waals surface area contributed by atoms with Crippen molar-refractivity contribution in [2.24, 2.45) is 0 Å². The number of carbonyl (C=O) groups is 1. The highest BCUT2D eigenvalue weighted by Gasteiger charge is 2.21. The summed E-state index contributed by atoms with van der Waals surface area (Å²) in [6.45, 7) is 1.81. The SMILES string of the molecule is Cc1nc(C(NC(=O)CCc2nc3ccccc3c(=O)[nH]2)c2ccccc2)n[nH]1. The second kappa shape index (κ2) is 8.05. The third-order valence-electron chi connectivity index (χ3n) is 4.56. The molecular weight excluding hydrogens is 368 g/mol. The zero-order chi connectivity index (χ0) is 20.2. The molecule has 1 atom stereocenters. The minimum atomic E-state index is -0.461. The number of nitrogens with zero attached hydrogens (tertiary/aromatic N) is 3. The maximum Gasteiger partial charge on any atom is 0.258 e. The topological polar surface area (TPSA) is 116 Å². The molecule has 4 rings (SSSR count). The number of rotatable bonds is 6. The number of fused-ring (bicyclic) bond motifs is 1. The van der Waals surface area contributed by atoms with Crippen LogP contribution in [0.5, 0.6) is 0 Å². The van der Waals surface area contributed by atoms with Gasteiger partial charge in [0.2, 0.25) is 5.91 Å². The Morgan fingerprint density at radius 3 is 2.59 bits per heavy atom. The average molecular weight is 388 g/mol. The van der Waals surface area contributed by atoms with Crippen LogP contribution in [0.3, 0.4) is 0 Å². The molecule has 0 aliphatic carbocycles. The number of hydrogen-bond acceptors (Lipinski definition) is 5. The van der Waals surface area contributed by atoms with Gasteiger partial charge in [-0.1, -0.05) is 42.5 Å². The van der Waals surface area contributed by atoms with Crippen LogP contribution in [-0.4, -0.2) is 31.1 Å². The monoisotopic (exact) mass is 388 g/mol. The van der Waals surface area contributed by atoms with Gasteiger partial charge in [0.15, 0.2) is 5.82 Å². The van der Waals surface area contributed by atoms with E-state index in [1.807, 2.05) is 43.3 Å². The molecule has 0 aliphatic rings. The Morgan fingerprint density at radius 2 is 1.83 bits per heavy atom. The minimum absolute atomic E-state index is 0.175. The number of benzene rings is 2. The van der Waals surface area contributed by atoms with Gasteiger partial charge >= 0.3 is 0 Å². The lowest BCUT2D eigenvalue weighted by Gasteiger charge is -2.16. The van der Waals surface area contributed by atoms with Crippen LogP contribution in [0.4, 0.5) is 0 Å². The second-order valence-electron chi connectivity index (χ2n) is 6.72. The van der Waals surface area contributed by atoms with E-state index >= 15 is 0 Å². The number of amides is 1. The number of para-hydroxylation sites is 1. The van der Waals surface area contributed by atoms with Gasteiger partial charge in [0.05, 0.1) is 10.9 Å². The summed E-state index contributed by atoms with van der Waals surface area (Å²) in [6, 6.07) is 16.2. The quantitative estimate of drug-likeness (QED) is 0.468. The summed E-state index contributed by atoms with van der Waals surface area (Å²) in [7, 11) is 0. The van der Waals surface area contributed by atoms with Gasteiger partial charge < -0.3 is 10.3 Å². The van der Waals surface area contributed by atoms with E-state index in [0.29, 0.717) is 34.8 Å². The molecule has 146 valence electrons. The standard InChI is InChI=1S/C21H20N6O2/c1-13-22-20(27-26-13)19(14-7-3-2-4-8-14)25-18(28)12-11-17-23-16-10-6-5-9-15(16)21(29)24-17/h2-10,19H,11-12H2,1H3,(H,25,28)(H,22,26,27)(H,23,24,29). The summed E-state index contributed by atoms with van der Waals surface area (Å²) in [5.41, 5.74) is 1.30. The summed E-state index contributed by atoms with van der Waals surface area (Å²) < 4.78 is 0. The molecule has 1 amide bonds. The number of aromatic amines is 2. The van der Waals surface area contributed by atoms with E-state index in [1.54, 1.807) is 18.2 Å². The van der Waals surface area contributed by atoms with Crippen molar-refractivity contribution in [1.29, 1.82) is 0 Å². The largest absolute Gasteiger partial charge is 0.342 e. The lowest BCUT2D eigenvalue weighted by molar-refractivity contribution is -0.121. The molecule has 1 unspecified atom stereocenters. The van der Waals surface area contributed by atoms with Crippen LogP contribution in [0.1, 0.15) is 35.5 Å². The molecule has 8 nitrogen and oxygen atoms in total. The van der Waals surface area contributed by atoms with Gasteiger partial charge in [0, 0.05) is 12.8 Å². The Hall–Kier alpha value is -3.81. The van der Waals surface area contributed by atoms with Crippen molar-refractivity contribution >= 4 is 16.8 Å². The maximum atomic E-state index is 12.6. The van der Waals surface area contributed by atoms with E-state index in [9.17, 15) is 9.59 Å². The van der Waals surface area contributed by atoms with Crippen LogP contribution < -0.4 is 10.9 Å². The molecule has 2 aromatic heterocycles. The molecule has 0 saturated heterocycles. The Bertz CT molecular complexity index is 1200. The number of aromatic nitrogens is 5. The van der Waals surface area contributed by atoms with Crippen LogP contribution in [0.2, 0.25) is 0 Å². The van der Waals surface area contributed by atoms with Crippen molar-refractivity contribution < 1.29 is 4.79 Å². The van der Waals surface area contributed by atoms with Crippen LogP contribution in [0.25, 0.3) is 10.9 Å². The number of aryl methyl sites for hydroxylation is 2. The number of carbonyl (C=O) groups excluding carboxylic acids is 1. The van der Waals surface area contributed by atoms with E-state index in [-0.39, 0.29) is 17.9 Å². The summed E-state index contributed by atoms with van der Waals surface area (Å²) in [4.78, 5) is 36.4. The zero-order valence-electron chi connectivity index (χ0n) is 15.8. The van der Waals surface area contributed by atoms with Gasteiger partial charge in [-0.25, -0.2) is 9.97 Å².